The second-order valence-electron chi connectivity index (χ2n) is 8.68. The first-order valence-corrected chi connectivity index (χ1v) is 12.9. The number of aliphatic carboxylic acids is 1. The van der Waals surface area contributed by atoms with Crippen molar-refractivity contribution < 1.29 is 43.3 Å². The fraction of sp³-hybridized carbons (Fsp3) is 0.462. The van der Waals surface area contributed by atoms with Crippen LogP contribution in [0, 0.1) is 0 Å². The summed E-state index contributed by atoms with van der Waals surface area (Å²) >= 11 is 0. The highest BCUT2D eigenvalue weighted by Gasteiger charge is 2.31. The molecule has 40 heavy (non-hydrogen) atoms. The smallest absolute Gasteiger partial charge is 0.409 e. The Bertz CT molecular complexity index is 1190. The fourth-order valence-corrected chi connectivity index (χ4v) is 3.97. The van der Waals surface area contributed by atoms with Crippen LogP contribution in [-0.2, 0) is 23.9 Å². The minimum atomic E-state index is -1.15. The van der Waals surface area contributed by atoms with E-state index in [2.05, 4.69) is 10.4 Å². The summed E-state index contributed by atoms with van der Waals surface area (Å²) in [6.45, 7) is 4.25. The molecule has 14 nitrogen and oxygen atoms in total. The van der Waals surface area contributed by atoms with Crippen molar-refractivity contribution in [1.82, 2.24) is 24.9 Å². The van der Waals surface area contributed by atoms with Gasteiger partial charge >= 0.3 is 18.0 Å². The lowest BCUT2D eigenvalue weighted by Gasteiger charge is -2.35. The monoisotopic (exact) mass is 559 g/mol. The van der Waals surface area contributed by atoms with Gasteiger partial charge in [-0.15, -0.1) is 0 Å². The highest BCUT2D eigenvalue weighted by Crippen LogP contribution is 2.20. The Morgan fingerprint density at radius 1 is 0.975 bits per heavy atom. The Hall–Kier alpha value is -4.62. The lowest BCUT2D eigenvalue weighted by molar-refractivity contribution is -0.145. The van der Waals surface area contributed by atoms with Crippen LogP contribution in [0.5, 0.6) is 5.88 Å². The molecule has 2 N–H and O–H groups in total. The second-order valence-corrected chi connectivity index (χ2v) is 8.68. The molecule has 0 bridgehead atoms. The average molecular weight is 560 g/mol. The number of benzene rings is 1. The molecule has 1 aromatic carbocycles. The molecule has 1 unspecified atom stereocenters. The number of para-hydroxylation sites is 1. The van der Waals surface area contributed by atoms with E-state index >= 15 is 0 Å². The molecular formula is C26H33N5O9. The zero-order valence-corrected chi connectivity index (χ0v) is 22.4. The van der Waals surface area contributed by atoms with E-state index in [1.165, 1.54) is 20.5 Å². The minimum absolute atomic E-state index is 0.0907. The number of esters is 1. The summed E-state index contributed by atoms with van der Waals surface area (Å²) < 4.78 is 16.8. The number of carboxylic acid groups (broad SMARTS) is 1. The van der Waals surface area contributed by atoms with Crippen LogP contribution in [0.4, 0.5) is 4.79 Å². The van der Waals surface area contributed by atoms with Gasteiger partial charge < -0.3 is 34.4 Å². The summed E-state index contributed by atoms with van der Waals surface area (Å²) in [5.74, 6) is -2.84. The number of ether oxygens (including phenoxy) is 3. The van der Waals surface area contributed by atoms with Crippen LogP contribution in [0.25, 0.3) is 5.69 Å². The first-order chi connectivity index (χ1) is 19.2. The molecule has 2 aromatic rings. The van der Waals surface area contributed by atoms with Crippen LogP contribution >= 0.6 is 0 Å². The third kappa shape index (κ3) is 8.19. The molecule has 1 atom stereocenters. The lowest BCUT2D eigenvalue weighted by Crippen LogP contribution is -2.56. The molecule has 3 rings (SSSR count). The molecule has 1 saturated heterocycles. The van der Waals surface area contributed by atoms with Crippen molar-refractivity contribution in [3.63, 3.8) is 0 Å². The Morgan fingerprint density at radius 3 is 2.25 bits per heavy atom. The maximum atomic E-state index is 13.3. The number of nitrogens with one attached hydrogen (secondary N) is 1. The summed E-state index contributed by atoms with van der Waals surface area (Å²) in [4.78, 5) is 64.5. The van der Waals surface area contributed by atoms with E-state index in [1.807, 2.05) is 0 Å². The van der Waals surface area contributed by atoms with Crippen LogP contribution in [0.1, 0.15) is 37.2 Å². The molecule has 0 aliphatic carbocycles. The van der Waals surface area contributed by atoms with Crippen molar-refractivity contribution in [3.05, 3.63) is 42.1 Å². The van der Waals surface area contributed by atoms with Gasteiger partial charge in [0.1, 0.15) is 6.04 Å². The number of piperazine rings is 1. The van der Waals surface area contributed by atoms with E-state index in [-0.39, 0.29) is 63.8 Å². The number of hydrogen-bond acceptors (Lipinski definition) is 9. The molecule has 3 amide bonds. The Morgan fingerprint density at radius 2 is 1.62 bits per heavy atom. The zero-order valence-electron chi connectivity index (χ0n) is 22.4. The number of nitrogens with zero attached hydrogens (tertiary/aromatic N) is 4. The van der Waals surface area contributed by atoms with Gasteiger partial charge in [0.25, 0.3) is 5.91 Å². The maximum Gasteiger partial charge on any atom is 0.409 e. The molecule has 1 fully saturated rings. The highest BCUT2D eigenvalue weighted by molar-refractivity contribution is 5.96. The van der Waals surface area contributed by atoms with E-state index in [4.69, 9.17) is 14.2 Å². The van der Waals surface area contributed by atoms with Crippen molar-refractivity contribution in [1.29, 1.82) is 0 Å². The number of hydrogen-bond donors (Lipinski definition) is 2. The van der Waals surface area contributed by atoms with Crippen LogP contribution in [0.2, 0.25) is 0 Å². The number of carbonyl (C=O) groups excluding carboxylic acids is 4. The summed E-state index contributed by atoms with van der Waals surface area (Å²) in [5, 5.41) is 16.1. The van der Waals surface area contributed by atoms with Crippen molar-refractivity contribution in [2.24, 2.45) is 0 Å². The van der Waals surface area contributed by atoms with Crippen LogP contribution < -0.4 is 10.1 Å². The van der Waals surface area contributed by atoms with Gasteiger partial charge in [-0.05, 0) is 32.4 Å². The predicted molar refractivity (Wildman–Crippen MR) is 139 cm³/mol. The molecule has 14 heteroatoms. The SMILES string of the molecule is CCOC(=O)COc1cc(C(=O)NC(CCC(=O)O)C(=O)N2CCN(C(=O)OCC)CC2)nn1-c1ccccc1. The topological polar surface area (TPSA) is 170 Å². The minimum Gasteiger partial charge on any atom is -0.481 e. The Kier molecular flexibility index (Phi) is 10.9. The van der Waals surface area contributed by atoms with Gasteiger partial charge in [0, 0.05) is 38.7 Å². The molecule has 1 aromatic heterocycles. The number of amides is 3. The number of carboxylic acids is 1. The number of rotatable bonds is 12. The quantitative estimate of drug-likeness (QED) is 0.359. The first-order valence-electron chi connectivity index (χ1n) is 12.9. The maximum absolute atomic E-state index is 13.3. The van der Waals surface area contributed by atoms with Gasteiger partial charge in [-0.1, -0.05) is 18.2 Å². The van der Waals surface area contributed by atoms with E-state index < -0.39 is 42.5 Å². The van der Waals surface area contributed by atoms with Gasteiger partial charge in [-0.3, -0.25) is 14.4 Å². The molecule has 0 spiro atoms. The van der Waals surface area contributed by atoms with Crippen LogP contribution in [0.3, 0.4) is 0 Å². The van der Waals surface area contributed by atoms with Gasteiger partial charge in [0.2, 0.25) is 11.8 Å². The Labute approximate surface area is 230 Å². The summed E-state index contributed by atoms with van der Waals surface area (Å²) in [7, 11) is 0. The molecule has 2 heterocycles. The summed E-state index contributed by atoms with van der Waals surface area (Å²) in [6.07, 6.45) is -0.976. The molecule has 1 aliphatic heterocycles. The highest BCUT2D eigenvalue weighted by atomic mass is 16.6. The van der Waals surface area contributed by atoms with Crippen molar-refractivity contribution >= 4 is 29.8 Å². The normalized spacial score (nSPS) is 13.8. The average Bonchev–Trinajstić information content (AvgIpc) is 3.39. The fourth-order valence-electron chi connectivity index (χ4n) is 3.97. The van der Waals surface area contributed by atoms with Gasteiger partial charge in [-0.2, -0.15) is 5.10 Å². The van der Waals surface area contributed by atoms with Crippen molar-refractivity contribution in [2.75, 3.05) is 46.0 Å². The Balaban J connectivity index is 1.76. The second kappa shape index (κ2) is 14.5. The third-order valence-corrected chi connectivity index (χ3v) is 5.92. The standard InChI is InChI=1S/C26H33N5O9/c1-3-38-23(34)17-40-21-16-20(28-31(21)18-8-6-5-7-9-18)24(35)27-19(10-11-22(32)33)25(36)29-12-14-30(15-13-29)26(37)39-4-2/h5-9,16,19H,3-4,10-15,17H2,1-2H3,(H,27,35)(H,32,33). The molecule has 1 aliphatic rings. The molecular weight excluding hydrogens is 526 g/mol. The predicted octanol–water partition coefficient (Wildman–Crippen LogP) is 1.08. The first kappa shape index (κ1) is 29.9. The van der Waals surface area contributed by atoms with Gasteiger partial charge in [0.15, 0.2) is 12.3 Å². The van der Waals surface area contributed by atoms with Crippen molar-refractivity contribution in [2.45, 2.75) is 32.7 Å². The van der Waals surface area contributed by atoms with E-state index in [0.717, 1.165) is 0 Å². The van der Waals surface area contributed by atoms with Gasteiger partial charge in [0.05, 0.1) is 18.9 Å². The summed E-state index contributed by atoms with van der Waals surface area (Å²) in [5.41, 5.74) is 0.446. The lowest BCUT2D eigenvalue weighted by atomic mass is 10.1. The zero-order chi connectivity index (χ0) is 29.1. The van der Waals surface area contributed by atoms with Gasteiger partial charge in [-0.25, -0.2) is 14.3 Å². The number of carbonyl (C=O) groups is 5. The van der Waals surface area contributed by atoms with Crippen LogP contribution in [-0.4, -0.2) is 107 Å². The summed E-state index contributed by atoms with van der Waals surface area (Å²) in [6, 6.07) is 8.93. The molecule has 0 radical (unpaired) electrons. The van der Waals surface area contributed by atoms with E-state index in [0.29, 0.717) is 5.69 Å². The largest absolute Gasteiger partial charge is 0.481 e. The number of aromatic nitrogens is 2. The van der Waals surface area contributed by atoms with Crippen molar-refractivity contribution in [3.8, 4) is 11.6 Å². The van der Waals surface area contributed by atoms with E-state index in [9.17, 15) is 29.1 Å². The molecule has 0 saturated carbocycles. The van der Waals surface area contributed by atoms with Crippen LogP contribution in [0.15, 0.2) is 36.4 Å². The third-order valence-electron chi connectivity index (χ3n) is 5.92. The van der Waals surface area contributed by atoms with E-state index in [1.54, 1.807) is 44.2 Å². The molecule has 216 valence electrons.